The zero-order chi connectivity index (χ0) is 20.8. The number of allylic oxidation sites excluding steroid dienone is 2. The molecule has 1 aliphatic heterocycles. The van der Waals surface area contributed by atoms with E-state index < -0.39 is 17.7 Å². The van der Waals surface area contributed by atoms with Crippen molar-refractivity contribution >= 4 is 40.8 Å². The van der Waals surface area contributed by atoms with E-state index in [0.717, 1.165) is 12.8 Å². The largest absolute Gasteiger partial charge is 0.403 e. The van der Waals surface area contributed by atoms with Gasteiger partial charge in [-0.3, -0.25) is 19.2 Å². The number of amides is 2. The molecule has 1 heterocycles. The van der Waals surface area contributed by atoms with E-state index in [1.54, 1.807) is 24.3 Å². The molecule has 152 valence electrons. The minimum Gasteiger partial charge on any atom is -0.403 e. The van der Waals surface area contributed by atoms with E-state index >= 15 is 0 Å². The molecular weight excluding hydrogens is 394 g/mol. The summed E-state index contributed by atoms with van der Waals surface area (Å²) < 4.78 is 0. The summed E-state index contributed by atoms with van der Waals surface area (Å²) in [7, 11) is 0. The molecule has 8 nitrogen and oxygen atoms in total. The van der Waals surface area contributed by atoms with Crippen LogP contribution in [0.5, 0.6) is 0 Å². The number of para-hydroxylation sites is 1. The average molecular weight is 415 g/mol. The van der Waals surface area contributed by atoms with Gasteiger partial charge in [0.1, 0.15) is 0 Å². The second kappa shape index (κ2) is 9.53. The highest BCUT2D eigenvalue weighted by molar-refractivity contribution is 8.04. The summed E-state index contributed by atoms with van der Waals surface area (Å²) in [4.78, 5) is 54.1. The summed E-state index contributed by atoms with van der Waals surface area (Å²) in [6, 6.07) is 7.75. The Kier molecular flexibility index (Phi) is 6.84. The molecule has 0 radical (unpaired) electrons. The molecule has 0 saturated carbocycles. The molecule has 0 bridgehead atoms. The lowest BCUT2D eigenvalue weighted by molar-refractivity contribution is -0.121. The molecule has 0 saturated heterocycles. The number of hydrogen-bond donors (Lipinski definition) is 3. The Morgan fingerprint density at radius 1 is 1.17 bits per heavy atom. The van der Waals surface area contributed by atoms with Crippen LogP contribution in [0.15, 0.2) is 52.6 Å². The number of hydroxylamine groups is 1. The Labute approximate surface area is 172 Å². The molecule has 1 aromatic carbocycles. The van der Waals surface area contributed by atoms with Gasteiger partial charge < -0.3 is 15.5 Å². The number of Topliss-reactive ketones (excluding diaryl/α,β-unsaturated/α-hetero) is 1. The number of carbonyl (C=O) groups excluding carboxylic acids is 4. The lowest BCUT2D eigenvalue weighted by Crippen LogP contribution is -2.39. The molecule has 1 aliphatic carbocycles. The van der Waals surface area contributed by atoms with Gasteiger partial charge in [-0.05, 0) is 30.7 Å². The Hall–Kier alpha value is -2.91. The molecule has 2 amide bonds. The third-order valence-corrected chi connectivity index (χ3v) is 5.38. The smallest absolute Gasteiger partial charge is 0.249 e. The molecule has 0 fully saturated rings. The Morgan fingerprint density at radius 3 is 2.66 bits per heavy atom. The molecule has 1 atom stereocenters. The van der Waals surface area contributed by atoms with Gasteiger partial charge in [0, 0.05) is 25.2 Å². The van der Waals surface area contributed by atoms with Gasteiger partial charge in [-0.25, -0.2) is 0 Å². The predicted octanol–water partition coefficient (Wildman–Crippen LogP) is 1.47. The van der Waals surface area contributed by atoms with Gasteiger partial charge in [-0.15, -0.1) is 17.2 Å². The zero-order valence-corrected chi connectivity index (χ0v) is 16.6. The van der Waals surface area contributed by atoms with Crippen molar-refractivity contribution in [1.82, 2.24) is 10.8 Å². The maximum absolute atomic E-state index is 12.9. The van der Waals surface area contributed by atoms with Gasteiger partial charge in [0.25, 0.3) is 0 Å². The van der Waals surface area contributed by atoms with Crippen LogP contribution in [-0.4, -0.2) is 41.7 Å². The second-order valence-corrected chi connectivity index (χ2v) is 7.63. The molecule has 29 heavy (non-hydrogen) atoms. The van der Waals surface area contributed by atoms with Crippen LogP contribution in [0.4, 0.5) is 5.69 Å². The van der Waals surface area contributed by atoms with Crippen molar-refractivity contribution in [3.63, 3.8) is 0 Å². The number of unbranched alkanes of at least 4 members (excludes halogenated alkanes) is 1. The summed E-state index contributed by atoms with van der Waals surface area (Å²) in [5.41, 5.74) is 3.09. The van der Waals surface area contributed by atoms with Crippen molar-refractivity contribution in [2.75, 3.05) is 17.6 Å². The number of nitrogens with one attached hydrogen (secondary N) is 3. The van der Waals surface area contributed by atoms with Crippen LogP contribution in [0.3, 0.4) is 0 Å². The van der Waals surface area contributed by atoms with Crippen molar-refractivity contribution in [3.05, 3.63) is 52.6 Å². The summed E-state index contributed by atoms with van der Waals surface area (Å²) >= 11 is 1.26. The van der Waals surface area contributed by atoms with E-state index in [0.29, 0.717) is 18.0 Å². The van der Waals surface area contributed by atoms with Crippen LogP contribution >= 0.6 is 11.8 Å². The van der Waals surface area contributed by atoms with Crippen molar-refractivity contribution in [2.24, 2.45) is 0 Å². The third kappa shape index (κ3) is 5.12. The van der Waals surface area contributed by atoms with Crippen LogP contribution in [0.1, 0.15) is 19.8 Å². The quantitative estimate of drug-likeness (QED) is 0.435. The fraction of sp³-hybridized carbons (Fsp3) is 0.300. The minimum absolute atomic E-state index is 0.0340. The molecule has 3 rings (SSSR count). The summed E-state index contributed by atoms with van der Waals surface area (Å²) in [6.45, 7) is 2.02. The molecule has 0 spiro atoms. The SMILES string of the molecule is CC(=O)NCCCCSC1=CC(=O)C2=C(C1=O)C(C(=O)Nc1ccccc1)NO2. The molecule has 9 heteroatoms. The molecule has 1 unspecified atom stereocenters. The van der Waals surface area contributed by atoms with Gasteiger partial charge in [-0.2, -0.15) is 0 Å². The summed E-state index contributed by atoms with van der Waals surface area (Å²) in [5, 5.41) is 5.41. The van der Waals surface area contributed by atoms with E-state index in [1.807, 2.05) is 6.07 Å². The van der Waals surface area contributed by atoms with Gasteiger partial charge in [0.2, 0.25) is 29.1 Å². The van der Waals surface area contributed by atoms with Crippen molar-refractivity contribution < 1.29 is 24.0 Å². The first-order chi connectivity index (χ1) is 14.0. The fourth-order valence-corrected chi connectivity index (χ4v) is 3.86. The van der Waals surface area contributed by atoms with E-state index in [2.05, 4.69) is 16.1 Å². The first-order valence-corrected chi connectivity index (χ1v) is 10.2. The number of rotatable bonds is 8. The summed E-state index contributed by atoms with van der Waals surface area (Å²) in [5.74, 6) is -0.904. The minimum atomic E-state index is -1.06. The fourth-order valence-electron chi connectivity index (χ4n) is 2.86. The van der Waals surface area contributed by atoms with Crippen molar-refractivity contribution in [3.8, 4) is 0 Å². The van der Waals surface area contributed by atoms with Gasteiger partial charge in [-0.1, -0.05) is 18.2 Å². The highest BCUT2D eigenvalue weighted by atomic mass is 32.2. The third-order valence-electron chi connectivity index (χ3n) is 4.27. The number of thioether (sulfide) groups is 1. The van der Waals surface area contributed by atoms with E-state index in [4.69, 9.17) is 4.84 Å². The average Bonchev–Trinajstić information content (AvgIpc) is 3.15. The number of anilines is 1. The Morgan fingerprint density at radius 2 is 1.93 bits per heavy atom. The lowest BCUT2D eigenvalue weighted by atomic mass is 9.95. The highest BCUT2D eigenvalue weighted by Crippen LogP contribution is 2.33. The first kappa shape index (κ1) is 20.8. The maximum Gasteiger partial charge on any atom is 0.249 e. The standard InChI is InChI=1S/C20H21N3O5S/c1-12(24)21-9-5-6-10-29-15-11-14(25)19-16(18(15)26)17(23-28-19)20(27)22-13-7-3-2-4-8-13/h2-4,7-8,11,17,23H,5-6,9-10H2,1H3,(H,21,24)(H,22,27). The van der Waals surface area contributed by atoms with Crippen LogP contribution in [0.25, 0.3) is 0 Å². The van der Waals surface area contributed by atoms with Gasteiger partial charge in [0.05, 0.1) is 10.5 Å². The van der Waals surface area contributed by atoms with Crippen molar-refractivity contribution in [2.45, 2.75) is 25.8 Å². The van der Waals surface area contributed by atoms with Crippen molar-refractivity contribution in [1.29, 1.82) is 0 Å². The monoisotopic (exact) mass is 415 g/mol. The van der Waals surface area contributed by atoms with E-state index in [1.165, 1.54) is 24.8 Å². The molecule has 1 aromatic rings. The maximum atomic E-state index is 12.9. The zero-order valence-electron chi connectivity index (χ0n) is 15.8. The lowest BCUT2D eigenvalue weighted by Gasteiger charge is -2.15. The Bertz CT molecular complexity index is 895. The molecule has 2 aliphatic rings. The number of carbonyl (C=O) groups is 4. The normalized spacial score (nSPS) is 18.1. The van der Waals surface area contributed by atoms with Gasteiger partial charge in [0.15, 0.2) is 6.04 Å². The molecule has 3 N–H and O–H groups in total. The van der Waals surface area contributed by atoms with Crippen LogP contribution in [0.2, 0.25) is 0 Å². The van der Waals surface area contributed by atoms with Gasteiger partial charge >= 0.3 is 0 Å². The highest BCUT2D eigenvalue weighted by Gasteiger charge is 2.43. The Balaban J connectivity index is 1.60. The first-order valence-electron chi connectivity index (χ1n) is 9.18. The topological polar surface area (TPSA) is 114 Å². The second-order valence-electron chi connectivity index (χ2n) is 6.49. The van der Waals surface area contributed by atoms with Crippen LogP contribution in [0, 0.1) is 0 Å². The van der Waals surface area contributed by atoms with E-state index in [-0.39, 0.29) is 27.9 Å². The number of benzene rings is 1. The summed E-state index contributed by atoms with van der Waals surface area (Å²) in [6.07, 6.45) is 2.78. The van der Waals surface area contributed by atoms with Crippen LogP contribution in [-0.2, 0) is 24.0 Å². The predicted molar refractivity (Wildman–Crippen MR) is 109 cm³/mol. The number of hydrogen-bond acceptors (Lipinski definition) is 7. The number of ketones is 2. The van der Waals surface area contributed by atoms with Crippen LogP contribution < -0.4 is 16.1 Å². The molecular formula is C20H21N3O5S. The van der Waals surface area contributed by atoms with E-state index in [9.17, 15) is 19.2 Å². The molecule has 0 aromatic heterocycles.